The van der Waals surface area contributed by atoms with Crippen LogP contribution in [-0.4, -0.2) is 34.6 Å². The normalized spacial score (nSPS) is 13.1. The van der Waals surface area contributed by atoms with Gasteiger partial charge in [-0.3, -0.25) is 4.79 Å². The summed E-state index contributed by atoms with van der Waals surface area (Å²) in [5.74, 6) is 0.0100. The van der Waals surface area contributed by atoms with Crippen LogP contribution in [-0.2, 0) is 21.2 Å². The van der Waals surface area contributed by atoms with Gasteiger partial charge in [-0.2, -0.15) is 4.72 Å². The van der Waals surface area contributed by atoms with Gasteiger partial charge < -0.3 is 14.8 Å². The van der Waals surface area contributed by atoms with Crippen LogP contribution >= 0.6 is 0 Å². The molecule has 0 unspecified atom stereocenters. The van der Waals surface area contributed by atoms with Crippen LogP contribution in [0.1, 0.15) is 24.1 Å². The molecule has 3 aromatic carbocycles. The number of methoxy groups -OCH3 is 2. The highest BCUT2D eigenvalue weighted by molar-refractivity contribution is 7.89. The Hall–Kier alpha value is -3.43. The maximum Gasteiger partial charge on any atom is 0.241 e. The molecule has 1 amide bonds. The molecule has 0 saturated carbocycles. The third-order valence-corrected chi connectivity index (χ3v) is 6.77. The number of carbonyl (C=O) groups is 1. The number of nitrogens with one attached hydrogen (secondary N) is 2. The molecule has 0 spiro atoms. The average Bonchev–Trinajstić information content (AvgIpc) is 2.83. The molecule has 3 rings (SSSR count). The van der Waals surface area contributed by atoms with E-state index in [9.17, 15) is 17.6 Å². The molecule has 0 saturated heterocycles. The van der Waals surface area contributed by atoms with Crippen molar-refractivity contribution in [2.75, 3.05) is 14.2 Å². The topological polar surface area (TPSA) is 93.7 Å². The van der Waals surface area contributed by atoms with Gasteiger partial charge in [-0.1, -0.05) is 36.4 Å². The lowest BCUT2D eigenvalue weighted by Crippen LogP contribution is -2.48. The molecule has 34 heavy (non-hydrogen) atoms. The number of rotatable bonds is 10. The highest BCUT2D eigenvalue weighted by Crippen LogP contribution is 2.30. The van der Waals surface area contributed by atoms with Gasteiger partial charge in [0, 0.05) is 0 Å². The Balaban J connectivity index is 1.83. The summed E-state index contributed by atoms with van der Waals surface area (Å²) in [6, 6.07) is 17.2. The largest absolute Gasteiger partial charge is 0.493 e. The van der Waals surface area contributed by atoms with Gasteiger partial charge in [0.2, 0.25) is 15.9 Å². The maximum absolute atomic E-state index is 13.3. The summed E-state index contributed by atoms with van der Waals surface area (Å²) in [4.78, 5) is 13.1. The van der Waals surface area contributed by atoms with Gasteiger partial charge in [-0.05, 0) is 60.9 Å². The monoisotopic (exact) mass is 486 g/mol. The van der Waals surface area contributed by atoms with Crippen LogP contribution in [0.4, 0.5) is 4.39 Å². The van der Waals surface area contributed by atoms with E-state index in [1.807, 2.05) is 30.3 Å². The van der Waals surface area contributed by atoms with E-state index in [4.69, 9.17) is 9.47 Å². The molecule has 0 radical (unpaired) electrons. The van der Waals surface area contributed by atoms with Crippen molar-refractivity contribution in [3.05, 3.63) is 89.7 Å². The summed E-state index contributed by atoms with van der Waals surface area (Å²) in [6.45, 7) is 1.78. The van der Waals surface area contributed by atoms with Crippen LogP contribution in [0.5, 0.6) is 11.5 Å². The molecule has 2 atom stereocenters. The average molecular weight is 487 g/mol. The maximum atomic E-state index is 13.3. The zero-order valence-electron chi connectivity index (χ0n) is 19.1. The fourth-order valence-corrected chi connectivity index (χ4v) is 4.62. The first-order chi connectivity index (χ1) is 16.2. The van der Waals surface area contributed by atoms with Crippen molar-refractivity contribution in [2.24, 2.45) is 0 Å². The molecule has 3 aromatic rings. The van der Waals surface area contributed by atoms with Crippen LogP contribution in [0.3, 0.4) is 0 Å². The quantitative estimate of drug-likeness (QED) is 0.457. The predicted octanol–water partition coefficient (Wildman–Crippen LogP) is 3.61. The molecule has 9 heteroatoms. The van der Waals surface area contributed by atoms with Gasteiger partial charge in [-0.15, -0.1) is 0 Å². The molecule has 0 aromatic heterocycles. The second-order valence-electron chi connectivity index (χ2n) is 7.66. The fourth-order valence-electron chi connectivity index (χ4n) is 3.43. The predicted molar refractivity (Wildman–Crippen MR) is 127 cm³/mol. The lowest BCUT2D eigenvalue weighted by molar-refractivity contribution is -0.123. The smallest absolute Gasteiger partial charge is 0.241 e. The summed E-state index contributed by atoms with van der Waals surface area (Å²) in [6.07, 6.45) is 0.131. The van der Waals surface area contributed by atoms with Crippen molar-refractivity contribution < 1.29 is 27.1 Å². The molecule has 0 aliphatic carbocycles. The van der Waals surface area contributed by atoms with Crippen molar-refractivity contribution in [3.8, 4) is 11.5 Å². The van der Waals surface area contributed by atoms with Crippen LogP contribution < -0.4 is 19.5 Å². The summed E-state index contributed by atoms with van der Waals surface area (Å²) in [5, 5.41) is 2.87. The SMILES string of the molecule is COc1ccc([C@H](C)NC(=O)[C@H](Cc2ccccc2)NS(=O)(=O)c2ccc(F)cc2)cc1OC. The van der Waals surface area contributed by atoms with Crippen molar-refractivity contribution in [3.63, 3.8) is 0 Å². The third kappa shape index (κ3) is 6.33. The highest BCUT2D eigenvalue weighted by atomic mass is 32.2. The van der Waals surface area contributed by atoms with E-state index >= 15 is 0 Å². The van der Waals surface area contributed by atoms with Crippen LogP contribution in [0.15, 0.2) is 77.7 Å². The Kier molecular flexibility index (Phi) is 8.25. The zero-order chi connectivity index (χ0) is 24.7. The van der Waals surface area contributed by atoms with Gasteiger partial charge >= 0.3 is 0 Å². The molecule has 0 aliphatic heterocycles. The standard InChI is InChI=1S/C25H27FN2O5S/c1-17(19-9-14-23(32-2)24(16-19)33-3)27-25(29)22(15-18-7-5-4-6-8-18)28-34(30,31)21-12-10-20(26)11-13-21/h4-14,16-17,22,28H,15H2,1-3H3,(H,27,29)/t17-,22-/m0/s1. The van der Waals surface area contributed by atoms with E-state index < -0.39 is 33.8 Å². The highest BCUT2D eigenvalue weighted by Gasteiger charge is 2.27. The first-order valence-corrected chi connectivity index (χ1v) is 12.1. The van der Waals surface area contributed by atoms with Gasteiger partial charge in [0.15, 0.2) is 11.5 Å². The van der Waals surface area contributed by atoms with E-state index in [0.29, 0.717) is 11.5 Å². The number of halogens is 1. The summed E-state index contributed by atoms with van der Waals surface area (Å²) < 4.78 is 52.1. The first-order valence-electron chi connectivity index (χ1n) is 10.6. The second kappa shape index (κ2) is 11.1. The van der Waals surface area contributed by atoms with E-state index in [0.717, 1.165) is 35.4 Å². The number of ether oxygens (including phenoxy) is 2. The lowest BCUT2D eigenvalue weighted by Gasteiger charge is -2.22. The van der Waals surface area contributed by atoms with Crippen LogP contribution in [0.25, 0.3) is 0 Å². The zero-order valence-corrected chi connectivity index (χ0v) is 19.9. The third-order valence-electron chi connectivity index (χ3n) is 5.29. The first kappa shape index (κ1) is 25.2. The van der Waals surface area contributed by atoms with E-state index in [1.165, 1.54) is 14.2 Å². The number of sulfonamides is 1. The minimum atomic E-state index is -4.08. The number of benzene rings is 3. The second-order valence-corrected chi connectivity index (χ2v) is 9.38. The molecule has 180 valence electrons. The van der Waals surface area contributed by atoms with E-state index in [1.54, 1.807) is 25.1 Å². The van der Waals surface area contributed by atoms with Crippen molar-refractivity contribution >= 4 is 15.9 Å². The van der Waals surface area contributed by atoms with Gasteiger partial charge in [0.25, 0.3) is 0 Å². The Labute approximate surface area is 199 Å². The minimum absolute atomic E-state index is 0.131. The fraction of sp³-hybridized carbons (Fsp3) is 0.240. The number of hydrogen-bond donors (Lipinski definition) is 2. The molecular formula is C25H27FN2O5S. The van der Waals surface area contributed by atoms with Crippen molar-refractivity contribution in [2.45, 2.75) is 30.3 Å². The molecule has 0 bridgehead atoms. The van der Waals surface area contributed by atoms with Crippen LogP contribution in [0, 0.1) is 5.82 Å². The van der Waals surface area contributed by atoms with E-state index in [-0.39, 0.29) is 11.3 Å². The van der Waals surface area contributed by atoms with Crippen molar-refractivity contribution in [1.29, 1.82) is 0 Å². The summed E-state index contributed by atoms with van der Waals surface area (Å²) in [5.41, 5.74) is 1.54. The number of carbonyl (C=O) groups excluding carboxylic acids is 1. The van der Waals surface area contributed by atoms with Gasteiger partial charge in [-0.25, -0.2) is 12.8 Å². The molecule has 2 N–H and O–H groups in total. The Bertz CT molecular complexity index is 1220. The molecule has 0 aliphatic rings. The number of hydrogen-bond acceptors (Lipinski definition) is 5. The Morgan fingerprint density at radius 1 is 0.941 bits per heavy atom. The summed E-state index contributed by atoms with van der Waals surface area (Å²) >= 11 is 0. The van der Waals surface area contributed by atoms with Gasteiger partial charge in [0.1, 0.15) is 11.9 Å². The Morgan fingerprint density at radius 2 is 1.59 bits per heavy atom. The van der Waals surface area contributed by atoms with Crippen LogP contribution in [0.2, 0.25) is 0 Å². The van der Waals surface area contributed by atoms with Crippen molar-refractivity contribution in [1.82, 2.24) is 10.0 Å². The van der Waals surface area contributed by atoms with E-state index in [2.05, 4.69) is 10.0 Å². The van der Waals surface area contributed by atoms with Gasteiger partial charge in [0.05, 0.1) is 25.2 Å². The summed E-state index contributed by atoms with van der Waals surface area (Å²) in [7, 11) is -1.02. The number of amides is 1. The minimum Gasteiger partial charge on any atom is -0.493 e. The molecule has 7 nitrogen and oxygen atoms in total. The molecule has 0 fully saturated rings. The molecular weight excluding hydrogens is 459 g/mol. The Morgan fingerprint density at radius 3 is 2.21 bits per heavy atom. The molecule has 0 heterocycles. The lowest BCUT2D eigenvalue weighted by atomic mass is 10.0.